The van der Waals surface area contributed by atoms with E-state index in [-0.39, 0.29) is 18.1 Å². The number of piperidine rings is 1. The summed E-state index contributed by atoms with van der Waals surface area (Å²) in [6, 6.07) is 5.95. The summed E-state index contributed by atoms with van der Waals surface area (Å²) >= 11 is 13.4. The first-order chi connectivity index (χ1) is 15.8. The fourth-order valence-corrected chi connectivity index (χ4v) is 5.37. The van der Waals surface area contributed by atoms with E-state index >= 15 is 0 Å². The maximum Gasteiger partial charge on any atom is 0.317 e. The second-order valence-corrected chi connectivity index (χ2v) is 10.0. The maximum atomic E-state index is 12.9. The number of aromatic nitrogens is 1. The zero-order valence-electron chi connectivity index (χ0n) is 19.7. The molecule has 1 N–H and O–H groups in total. The summed E-state index contributed by atoms with van der Waals surface area (Å²) in [6.45, 7) is 6.07. The highest BCUT2D eigenvalue weighted by Crippen LogP contribution is 2.39. The Bertz CT molecular complexity index is 987. The zero-order valence-corrected chi connectivity index (χ0v) is 21.2. The molecule has 1 aromatic heterocycles. The van der Waals surface area contributed by atoms with Crippen LogP contribution in [0.3, 0.4) is 0 Å². The number of benzene rings is 1. The van der Waals surface area contributed by atoms with E-state index in [1.54, 1.807) is 0 Å². The van der Waals surface area contributed by atoms with Crippen molar-refractivity contribution < 1.29 is 4.79 Å². The van der Waals surface area contributed by atoms with Gasteiger partial charge in [-0.25, -0.2) is 4.79 Å². The van der Waals surface area contributed by atoms with Gasteiger partial charge in [-0.2, -0.15) is 0 Å². The molecule has 178 valence electrons. The Labute approximate surface area is 206 Å². The first-order valence-electron chi connectivity index (χ1n) is 11.7. The van der Waals surface area contributed by atoms with E-state index < -0.39 is 0 Å². The Kier molecular flexibility index (Phi) is 7.67. The quantitative estimate of drug-likeness (QED) is 0.606. The summed E-state index contributed by atoms with van der Waals surface area (Å²) in [5.41, 5.74) is 3.70. The Hall–Kier alpha value is -2.02. The van der Waals surface area contributed by atoms with Gasteiger partial charge in [0, 0.05) is 43.5 Å². The van der Waals surface area contributed by atoms with Crippen LogP contribution in [0, 0.1) is 0 Å². The molecule has 0 saturated carbocycles. The van der Waals surface area contributed by atoms with Gasteiger partial charge in [-0.3, -0.25) is 4.98 Å². The smallest absolute Gasteiger partial charge is 0.317 e. The van der Waals surface area contributed by atoms with Gasteiger partial charge >= 0.3 is 6.03 Å². The van der Waals surface area contributed by atoms with E-state index in [0.29, 0.717) is 10.0 Å². The molecule has 2 fully saturated rings. The van der Waals surface area contributed by atoms with Crippen molar-refractivity contribution in [2.75, 3.05) is 45.2 Å². The number of carbonyl (C=O) groups excluding carboxylic acids is 1. The average Bonchev–Trinajstić information content (AvgIpc) is 3.36. The molecular formula is C25H33Cl2N5O. The molecule has 0 spiro atoms. The molecule has 6 nitrogen and oxygen atoms in total. The Morgan fingerprint density at radius 1 is 1.12 bits per heavy atom. The SMILES string of the molecule is CC(NC(=O)N(C)C1CCN(C)CC1)c1ccc(-c2cncc(N3CCCC3)c2)c(Cl)c1Cl. The topological polar surface area (TPSA) is 51.7 Å². The first-order valence-corrected chi connectivity index (χ1v) is 12.5. The third-order valence-electron chi connectivity index (χ3n) is 6.98. The van der Waals surface area contributed by atoms with Crippen LogP contribution < -0.4 is 10.2 Å². The van der Waals surface area contributed by atoms with Crippen LogP contribution in [0.15, 0.2) is 30.6 Å². The van der Waals surface area contributed by atoms with Crippen molar-refractivity contribution in [3.05, 3.63) is 46.2 Å². The maximum absolute atomic E-state index is 12.9. The van der Waals surface area contributed by atoms with E-state index in [1.165, 1.54) is 12.8 Å². The summed E-state index contributed by atoms with van der Waals surface area (Å²) in [6.07, 6.45) is 8.11. The summed E-state index contributed by atoms with van der Waals surface area (Å²) in [5.74, 6) is 0. The number of halogens is 2. The number of nitrogens with one attached hydrogen (secondary N) is 1. The van der Waals surface area contributed by atoms with E-state index in [4.69, 9.17) is 23.2 Å². The van der Waals surface area contributed by atoms with Crippen molar-refractivity contribution >= 4 is 34.9 Å². The van der Waals surface area contributed by atoms with Crippen LogP contribution in [-0.4, -0.2) is 67.1 Å². The highest BCUT2D eigenvalue weighted by Gasteiger charge is 2.26. The zero-order chi connectivity index (χ0) is 23.5. The number of urea groups is 1. The third kappa shape index (κ3) is 5.39. The molecular weight excluding hydrogens is 457 g/mol. The average molecular weight is 490 g/mol. The fourth-order valence-electron chi connectivity index (χ4n) is 4.76. The molecule has 0 radical (unpaired) electrons. The predicted octanol–water partition coefficient (Wildman–Crippen LogP) is 5.45. The van der Waals surface area contributed by atoms with E-state index in [2.05, 4.69) is 33.2 Å². The lowest BCUT2D eigenvalue weighted by atomic mass is 10.0. The van der Waals surface area contributed by atoms with Gasteiger partial charge in [-0.15, -0.1) is 0 Å². The van der Waals surface area contributed by atoms with Gasteiger partial charge in [-0.1, -0.05) is 35.3 Å². The van der Waals surface area contributed by atoms with Gasteiger partial charge in [0.15, 0.2) is 0 Å². The van der Waals surface area contributed by atoms with E-state index in [9.17, 15) is 4.79 Å². The lowest BCUT2D eigenvalue weighted by molar-refractivity contribution is 0.146. The van der Waals surface area contributed by atoms with Crippen molar-refractivity contribution in [2.24, 2.45) is 0 Å². The Balaban J connectivity index is 1.48. The fraction of sp³-hybridized carbons (Fsp3) is 0.520. The van der Waals surface area contributed by atoms with Gasteiger partial charge in [0.05, 0.1) is 28.0 Å². The summed E-state index contributed by atoms with van der Waals surface area (Å²) < 4.78 is 0. The van der Waals surface area contributed by atoms with E-state index in [1.807, 2.05) is 43.4 Å². The molecule has 4 rings (SSSR count). The lowest BCUT2D eigenvalue weighted by Gasteiger charge is -2.35. The Morgan fingerprint density at radius 3 is 2.52 bits per heavy atom. The van der Waals surface area contributed by atoms with Gasteiger partial charge in [0.1, 0.15) is 0 Å². The van der Waals surface area contributed by atoms with Gasteiger partial charge in [0.2, 0.25) is 0 Å². The number of anilines is 1. The lowest BCUT2D eigenvalue weighted by Crippen LogP contribution is -2.48. The highest BCUT2D eigenvalue weighted by molar-refractivity contribution is 6.44. The van der Waals surface area contributed by atoms with Crippen molar-refractivity contribution in [2.45, 2.75) is 44.7 Å². The van der Waals surface area contributed by atoms with Crippen LogP contribution in [0.25, 0.3) is 11.1 Å². The van der Waals surface area contributed by atoms with Crippen molar-refractivity contribution in [3.63, 3.8) is 0 Å². The van der Waals surface area contributed by atoms with Gasteiger partial charge < -0.3 is 20.0 Å². The minimum Gasteiger partial charge on any atom is -0.370 e. The molecule has 3 heterocycles. The molecule has 2 aromatic rings. The van der Waals surface area contributed by atoms with Crippen molar-refractivity contribution in [1.82, 2.24) is 20.1 Å². The van der Waals surface area contributed by atoms with E-state index in [0.717, 1.165) is 61.4 Å². The van der Waals surface area contributed by atoms with Gasteiger partial charge in [-0.05, 0) is 64.4 Å². The molecule has 1 unspecified atom stereocenters. The number of hydrogen-bond acceptors (Lipinski definition) is 4. The predicted molar refractivity (Wildman–Crippen MR) is 136 cm³/mol. The largest absolute Gasteiger partial charge is 0.370 e. The third-order valence-corrected chi connectivity index (χ3v) is 7.88. The second-order valence-electron chi connectivity index (χ2n) is 9.27. The van der Waals surface area contributed by atoms with Crippen LogP contribution in [0.2, 0.25) is 10.0 Å². The van der Waals surface area contributed by atoms with Crippen LogP contribution in [0.1, 0.15) is 44.2 Å². The number of carbonyl (C=O) groups is 1. The van der Waals surface area contributed by atoms with Gasteiger partial charge in [0.25, 0.3) is 0 Å². The molecule has 0 aliphatic carbocycles. The number of likely N-dealkylation sites (tertiary alicyclic amines) is 1. The normalized spacial score (nSPS) is 18.4. The van der Waals surface area contributed by atoms with Crippen LogP contribution >= 0.6 is 23.2 Å². The van der Waals surface area contributed by atoms with Crippen molar-refractivity contribution in [3.8, 4) is 11.1 Å². The van der Waals surface area contributed by atoms with Crippen molar-refractivity contribution in [1.29, 1.82) is 0 Å². The number of rotatable bonds is 5. The molecule has 0 bridgehead atoms. The number of amides is 2. The number of hydrogen-bond donors (Lipinski definition) is 1. The molecule has 2 aliphatic heterocycles. The first kappa shape index (κ1) is 24.1. The summed E-state index contributed by atoms with van der Waals surface area (Å²) in [7, 11) is 3.99. The van der Waals surface area contributed by atoms with Crippen LogP contribution in [-0.2, 0) is 0 Å². The highest BCUT2D eigenvalue weighted by atomic mass is 35.5. The second kappa shape index (κ2) is 10.5. The molecule has 1 atom stereocenters. The molecule has 8 heteroatoms. The molecule has 2 saturated heterocycles. The minimum atomic E-state index is -0.265. The summed E-state index contributed by atoms with van der Waals surface area (Å²) in [5, 5.41) is 4.04. The van der Waals surface area contributed by atoms with Crippen LogP contribution in [0.4, 0.5) is 10.5 Å². The minimum absolute atomic E-state index is 0.0872. The Morgan fingerprint density at radius 2 is 1.82 bits per heavy atom. The molecule has 1 aromatic carbocycles. The monoisotopic (exact) mass is 489 g/mol. The number of nitrogens with zero attached hydrogens (tertiary/aromatic N) is 4. The molecule has 2 aliphatic rings. The standard InChI is InChI=1S/C25H33Cl2N5O/c1-17(29-25(33)31(3)19-8-12-30(2)13-9-19)21-6-7-22(24(27)23(21)26)18-14-20(16-28-15-18)32-10-4-5-11-32/h6-7,14-17,19H,4-5,8-13H2,1-3H3,(H,29,33). The molecule has 2 amide bonds. The number of pyridine rings is 1. The van der Waals surface area contributed by atoms with Crippen LogP contribution in [0.5, 0.6) is 0 Å². The summed E-state index contributed by atoms with van der Waals surface area (Å²) in [4.78, 5) is 23.8. The molecule has 33 heavy (non-hydrogen) atoms.